The zero-order valence-corrected chi connectivity index (χ0v) is 19.4. The number of fused-ring (bicyclic) bond motifs is 1. The number of anilines is 2. The Kier molecular flexibility index (Phi) is 6.95. The summed E-state index contributed by atoms with van der Waals surface area (Å²) in [4.78, 5) is 23.5. The summed E-state index contributed by atoms with van der Waals surface area (Å²) in [6.07, 6.45) is 6.58. The molecule has 2 aromatic heterocycles. The molecule has 182 valence electrons. The molecule has 1 aromatic carbocycles. The van der Waals surface area contributed by atoms with E-state index in [1.165, 1.54) is 18.3 Å². The maximum absolute atomic E-state index is 14.1. The van der Waals surface area contributed by atoms with Crippen molar-refractivity contribution in [2.75, 3.05) is 29.9 Å². The Morgan fingerprint density at radius 2 is 2.09 bits per heavy atom. The molecule has 4 N–H and O–H groups in total. The Morgan fingerprint density at radius 3 is 2.79 bits per heavy atom. The Balaban J connectivity index is 1.54. The van der Waals surface area contributed by atoms with Crippen molar-refractivity contribution in [2.45, 2.75) is 32.2 Å². The van der Waals surface area contributed by atoms with Crippen LogP contribution >= 0.6 is 0 Å². The van der Waals surface area contributed by atoms with E-state index < -0.39 is 21.9 Å². The number of hydrogen-bond donors (Lipinski definition) is 3. The Hall–Kier alpha value is -3.29. The lowest BCUT2D eigenvalue weighted by atomic mass is 10.0. The second kappa shape index (κ2) is 9.91. The topological polar surface area (TPSA) is 144 Å². The molecule has 0 aliphatic carbocycles. The van der Waals surface area contributed by atoms with E-state index in [1.54, 1.807) is 22.9 Å². The normalized spacial score (nSPS) is 15.0. The van der Waals surface area contributed by atoms with Crippen molar-refractivity contribution in [3.63, 3.8) is 0 Å². The maximum Gasteiger partial charge on any atom is 0.276 e. The van der Waals surface area contributed by atoms with Crippen LogP contribution < -0.4 is 24.8 Å². The SMILES string of the molecule is CCCOc1nc(C(=O)Nc2cc(F)ccc2N2CCC(NS(N)(=O)=O)CC2)cn2ccnc12. The summed E-state index contributed by atoms with van der Waals surface area (Å²) in [5.74, 6) is -0.798. The largest absolute Gasteiger partial charge is 0.475 e. The van der Waals surface area contributed by atoms with Crippen LogP contribution in [-0.2, 0) is 10.2 Å². The van der Waals surface area contributed by atoms with E-state index in [1.807, 2.05) is 11.8 Å². The fourth-order valence-corrected chi connectivity index (χ4v) is 4.55. The lowest BCUT2D eigenvalue weighted by Crippen LogP contribution is -2.46. The van der Waals surface area contributed by atoms with Crippen LogP contribution in [0.3, 0.4) is 0 Å². The number of nitrogens with two attached hydrogens (primary N) is 1. The van der Waals surface area contributed by atoms with Crippen LogP contribution in [0.25, 0.3) is 5.65 Å². The van der Waals surface area contributed by atoms with Gasteiger partial charge in [0.25, 0.3) is 22.0 Å². The number of carbonyl (C=O) groups excluding carboxylic acids is 1. The summed E-state index contributed by atoms with van der Waals surface area (Å²) in [5, 5.41) is 7.82. The fourth-order valence-electron chi connectivity index (χ4n) is 3.85. The van der Waals surface area contributed by atoms with E-state index in [9.17, 15) is 17.6 Å². The predicted molar refractivity (Wildman–Crippen MR) is 125 cm³/mol. The van der Waals surface area contributed by atoms with Crippen LogP contribution in [0.5, 0.6) is 5.88 Å². The van der Waals surface area contributed by atoms with Crippen molar-refractivity contribution in [3.05, 3.63) is 48.3 Å². The summed E-state index contributed by atoms with van der Waals surface area (Å²) in [7, 11) is -3.79. The summed E-state index contributed by atoms with van der Waals surface area (Å²) in [6.45, 7) is 3.37. The van der Waals surface area contributed by atoms with Gasteiger partial charge in [-0.2, -0.15) is 13.1 Å². The minimum absolute atomic E-state index is 0.0860. The van der Waals surface area contributed by atoms with Gasteiger partial charge >= 0.3 is 0 Å². The Morgan fingerprint density at radius 1 is 1.32 bits per heavy atom. The molecule has 1 aliphatic heterocycles. The van der Waals surface area contributed by atoms with Crippen molar-refractivity contribution in [1.29, 1.82) is 0 Å². The van der Waals surface area contributed by atoms with Gasteiger partial charge in [-0.3, -0.25) is 4.79 Å². The number of nitrogens with one attached hydrogen (secondary N) is 2. The second-order valence-corrected chi connectivity index (χ2v) is 9.30. The average Bonchev–Trinajstić information content (AvgIpc) is 3.26. The minimum atomic E-state index is -3.79. The first-order chi connectivity index (χ1) is 16.2. The van der Waals surface area contributed by atoms with Crippen molar-refractivity contribution in [2.24, 2.45) is 5.14 Å². The number of amides is 1. The number of benzene rings is 1. The van der Waals surface area contributed by atoms with Gasteiger partial charge in [0, 0.05) is 37.7 Å². The molecule has 1 amide bonds. The van der Waals surface area contributed by atoms with Gasteiger partial charge in [-0.1, -0.05) is 6.92 Å². The van der Waals surface area contributed by atoms with E-state index in [2.05, 4.69) is 20.0 Å². The van der Waals surface area contributed by atoms with E-state index in [0.717, 1.165) is 6.42 Å². The van der Waals surface area contributed by atoms with Crippen LogP contribution in [0.15, 0.2) is 36.8 Å². The van der Waals surface area contributed by atoms with Gasteiger partial charge < -0.3 is 19.4 Å². The highest BCUT2D eigenvalue weighted by Crippen LogP contribution is 2.30. The van der Waals surface area contributed by atoms with Crippen molar-refractivity contribution in [3.8, 4) is 5.88 Å². The number of carbonyl (C=O) groups is 1. The number of ether oxygens (including phenoxy) is 1. The first-order valence-electron chi connectivity index (χ1n) is 10.9. The molecule has 0 radical (unpaired) electrons. The summed E-state index contributed by atoms with van der Waals surface area (Å²) < 4.78 is 46.4. The summed E-state index contributed by atoms with van der Waals surface area (Å²) in [5.41, 5.74) is 1.48. The van der Waals surface area contributed by atoms with Crippen molar-refractivity contribution >= 4 is 33.1 Å². The van der Waals surface area contributed by atoms with Gasteiger partial charge in [-0.05, 0) is 37.5 Å². The Labute approximate surface area is 196 Å². The van der Waals surface area contributed by atoms with Crippen LogP contribution in [0.4, 0.5) is 15.8 Å². The molecule has 0 atom stereocenters. The summed E-state index contributed by atoms with van der Waals surface area (Å²) >= 11 is 0. The number of halogens is 1. The third kappa shape index (κ3) is 5.61. The van der Waals surface area contributed by atoms with Crippen molar-refractivity contribution in [1.82, 2.24) is 19.1 Å². The van der Waals surface area contributed by atoms with Gasteiger partial charge in [0.15, 0.2) is 0 Å². The molecule has 4 rings (SSSR count). The number of piperidine rings is 1. The smallest absolute Gasteiger partial charge is 0.276 e. The molecule has 3 heterocycles. The molecule has 1 fully saturated rings. The fraction of sp³-hybridized carbons (Fsp3) is 0.381. The highest BCUT2D eigenvalue weighted by Gasteiger charge is 2.24. The van der Waals surface area contributed by atoms with Gasteiger partial charge in [0.1, 0.15) is 11.5 Å². The van der Waals surface area contributed by atoms with Crippen LogP contribution in [0.2, 0.25) is 0 Å². The summed E-state index contributed by atoms with van der Waals surface area (Å²) in [6, 6.07) is 3.86. The predicted octanol–water partition coefficient (Wildman–Crippen LogP) is 1.67. The number of rotatable bonds is 8. The van der Waals surface area contributed by atoms with Gasteiger partial charge in [-0.15, -0.1) is 0 Å². The average molecular weight is 492 g/mol. The lowest BCUT2D eigenvalue weighted by Gasteiger charge is -2.34. The number of hydrogen-bond acceptors (Lipinski definition) is 7. The molecular formula is C21H26FN7O4S. The molecule has 1 saturated heterocycles. The van der Waals surface area contributed by atoms with Crippen molar-refractivity contribution < 1.29 is 22.3 Å². The lowest BCUT2D eigenvalue weighted by molar-refractivity contribution is 0.102. The molecule has 11 nitrogen and oxygen atoms in total. The third-order valence-electron chi connectivity index (χ3n) is 5.39. The highest BCUT2D eigenvalue weighted by atomic mass is 32.2. The zero-order valence-electron chi connectivity index (χ0n) is 18.6. The van der Waals surface area contributed by atoms with E-state index in [4.69, 9.17) is 9.88 Å². The quantitative estimate of drug-likeness (QED) is 0.435. The number of nitrogens with zero attached hydrogens (tertiary/aromatic N) is 4. The monoisotopic (exact) mass is 491 g/mol. The number of aromatic nitrogens is 3. The van der Waals surface area contributed by atoms with Gasteiger partial charge in [-0.25, -0.2) is 19.5 Å². The molecular weight excluding hydrogens is 465 g/mol. The van der Waals surface area contributed by atoms with E-state index >= 15 is 0 Å². The van der Waals surface area contributed by atoms with Gasteiger partial charge in [0.05, 0.1) is 18.0 Å². The maximum atomic E-state index is 14.1. The second-order valence-electron chi connectivity index (χ2n) is 7.98. The van der Waals surface area contributed by atoms with E-state index in [-0.39, 0.29) is 23.3 Å². The standard InChI is InChI=1S/C21H26FN7O4S/c1-2-11-33-21-19-24-7-10-29(19)13-17(26-21)20(30)25-16-12-14(22)3-4-18(16)28-8-5-15(6-9-28)27-34(23,31)32/h3-4,7,10,12-13,15,27H,2,5-6,8-9,11H2,1H3,(H,25,30)(H2,23,31,32). The zero-order chi connectivity index (χ0) is 24.3. The highest BCUT2D eigenvalue weighted by molar-refractivity contribution is 7.87. The van der Waals surface area contributed by atoms with Gasteiger partial charge in [0.2, 0.25) is 5.65 Å². The van der Waals surface area contributed by atoms with E-state index in [0.29, 0.717) is 43.9 Å². The van der Waals surface area contributed by atoms with Crippen LogP contribution in [0.1, 0.15) is 36.7 Å². The minimum Gasteiger partial charge on any atom is -0.475 e. The molecule has 3 aromatic rings. The molecule has 0 saturated carbocycles. The first kappa shape index (κ1) is 23.9. The molecule has 0 unspecified atom stereocenters. The number of imidazole rings is 1. The Bertz CT molecular complexity index is 1290. The molecule has 0 bridgehead atoms. The molecule has 1 aliphatic rings. The van der Waals surface area contributed by atoms with Crippen LogP contribution in [0, 0.1) is 5.82 Å². The van der Waals surface area contributed by atoms with Crippen LogP contribution in [-0.4, -0.2) is 54.4 Å². The molecule has 0 spiro atoms. The first-order valence-corrected chi connectivity index (χ1v) is 12.4. The third-order valence-corrected chi connectivity index (χ3v) is 6.05. The molecule has 34 heavy (non-hydrogen) atoms. The molecule has 13 heteroatoms.